The Morgan fingerprint density at radius 3 is 0.976 bits per heavy atom. The van der Waals surface area contributed by atoms with Gasteiger partial charge in [0.15, 0.2) is 0 Å². The van der Waals surface area contributed by atoms with Crippen molar-refractivity contribution in [2.75, 3.05) is 9.80 Å². The maximum absolute atomic E-state index is 2.66. The van der Waals surface area contributed by atoms with E-state index in [1.54, 1.807) is 0 Å². The van der Waals surface area contributed by atoms with Crippen molar-refractivity contribution in [1.82, 2.24) is 8.80 Å². The summed E-state index contributed by atoms with van der Waals surface area (Å²) in [5.74, 6) is 1.28. The van der Waals surface area contributed by atoms with Crippen LogP contribution in [0, 0.1) is 0 Å². The summed E-state index contributed by atoms with van der Waals surface area (Å²) < 4.78 is 5.31. The number of aromatic nitrogens is 2. The van der Waals surface area contributed by atoms with Crippen LogP contribution in [0.2, 0.25) is 0 Å². The number of fused-ring (bicyclic) bond motifs is 12. The molecule has 11 aromatic carbocycles. The standard InChI is InChI=1S/C78H62N4/c1-7-23-51(24-8-1)53-43-47-59(48-44-53)79(57-31-15-5-16-32-57)65-39-21-41-67-71(65)61-35-19-37-63-73-70(56-29-13-4-14-30-56)78-74(69(55-27-11-3-12-28-55)77(73)81(67)75(61)63)64-38-20-36-62-72-66(40-22-42-68(72)82(78)76(62)64)80(58-33-17-6-18-34-58)60-49-45-54(46-50-60)52-25-9-2-10-26-52/h3-6,11-22,27-52H,1-2,7-10,23-26H2. The van der Waals surface area contributed by atoms with Crippen molar-refractivity contribution < 1.29 is 0 Å². The molecule has 2 aliphatic carbocycles. The van der Waals surface area contributed by atoms with Crippen molar-refractivity contribution in [1.29, 1.82) is 0 Å². The van der Waals surface area contributed by atoms with E-state index in [1.165, 1.54) is 197 Å². The number of rotatable bonds is 10. The molecule has 0 unspecified atom stereocenters. The van der Waals surface area contributed by atoms with Crippen LogP contribution < -0.4 is 9.80 Å². The van der Waals surface area contributed by atoms with E-state index in [9.17, 15) is 0 Å². The Kier molecular flexibility index (Phi) is 11.1. The van der Waals surface area contributed by atoms with Gasteiger partial charge in [-0.3, -0.25) is 0 Å². The zero-order chi connectivity index (χ0) is 53.8. The first-order chi connectivity index (χ1) is 40.8. The first kappa shape index (κ1) is 47.4. The van der Waals surface area contributed by atoms with Crippen LogP contribution in [-0.2, 0) is 0 Å². The van der Waals surface area contributed by atoms with Crippen LogP contribution in [0.15, 0.2) is 243 Å². The van der Waals surface area contributed by atoms with Gasteiger partial charge in [-0.05, 0) is 133 Å². The molecule has 0 spiro atoms. The van der Waals surface area contributed by atoms with Crippen molar-refractivity contribution in [2.24, 2.45) is 0 Å². The molecule has 0 N–H and O–H groups in total. The summed E-state index contributed by atoms with van der Waals surface area (Å²) in [5, 5.41) is 10.1. The van der Waals surface area contributed by atoms with Crippen LogP contribution in [0.25, 0.3) is 98.4 Å². The van der Waals surface area contributed by atoms with E-state index in [1.807, 2.05) is 0 Å². The quantitative estimate of drug-likeness (QED) is 0.136. The number of nitrogens with zero attached hydrogens (tertiary/aromatic N) is 4. The molecule has 2 saturated carbocycles. The average molecular weight is 1060 g/mol. The molecule has 0 atom stereocenters. The molecule has 394 valence electrons. The van der Waals surface area contributed by atoms with E-state index >= 15 is 0 Å². The lowest BCUT2D eigenvalue weighted by Crippen LogP contribution is -2.11. The molecule has 0 amide bonds. The molecule has 4 nitrogen and oxygen atoms in total. The fourth-order valence-electron chi connectivity index (χ4n) is 15.6. The molecule has 0 saturated heterocycles. The van der Waals surface area contributed by atoms with E-state index < -0.39 is 0 Å². The number of hydrogen-bond acceptors (Lipinski definition) is 2. The first-order valence-electron chi connectivity index (χ1n) is 30.2. The summed E-state index contributed by atoms with van der Waals surface area (Å²) in [6, 6.07) is 91.9. The highest BCUT2D eigenvalue weighted by Gasteiger charge is 2.33. The molecule has 4 heteroatoms. The maximum atomic E-state index is 2.66. The topological polar surface area (TPSA) is 15.3 Å². The molecular formula is C78H62N4. The first-order valence-corrected chi connectivity index (χ1v) is 30.2. The summed E-state index contributed by atoms with van der Waals surface area (Å²) >= 11 is 0. The normalized spacial score (nSPS) is 14.7. The number of benzene rings is 11. The third kappa shape index (κ3) is 7.16. The van der Waals surface area contributed by atoms with Crippen LogP contribution >= 0.6 is 0 Å². The molecule has 4 heterocycles. The predicted molar refractivity (Wildman–Crippen MR) is 348 cm³/mol. The van der Waals surface area contributed by atoms with Gasteiger partial charge in [0.1, 0.15) is 0 Å². The summed E-state index contributed by atoms with van der Waals surface area (Å²) in [7, 11) is 0. The van der Waals surface area contributed by atoms with Crippen LogP contribution in [0.3, 0.4) is 0 Å². The van der Waals surface area contributed by atoms with Crippen LogP contribution in [-0.4, -0.2) is 8.80 Å². The number of anilines is 6. The van der Waals surface area contributed by atoms with Gasteiger partial charge in [0, 0.05) is 77.0 Å². The van der Waals surface area contributed by atoms with Gasteiger partial charge in [-0.1, -0.05) is 208 Å². The highest BCUT2D eigenvalue weighted by atomic mass is 15.2. The fourth-order valence-corrected chi connectivity index (χ4v) is 15.6. The van der Waals surface area contributed by atoms with Gasteiger partial charge in [-0.25, -0.2) is 0 Å². The maximum Gasteiger partial charge on any atom is 0.0634 e. The minimum Gasteiger partial charge on any atom is -0.310 e. The number of para-hydroxylation sites is 4. The van der Waals surface area contributed by atoms with Gasteiger partial charge >= 0.3 is 0 Å². The Morgan fingerprint density at radius 2 is 0.598 bits per heavy atom. The second-order valence-corrected chi connectivity index (χ2v) is 23.5. The molecule has 2 fully saturated rings. The zero-order valence-electron chi connectivity index (χ0n) is 46.1. The molecule has 2 aliphatic rings. The van der Waals surface area contributed by atoms with E-state index in [4.69, 9.17) is 0 Å². The Bertz CT molecular complexity index is 4520. The monoisotopic (exact) mass is 1050 g/mol. The summed E-state index contributed by atoms with van der Waals surface area (Å²) in [5.41, 5.74) is 22.3. The Hall–Kier alpha value is -9.38. The van der Waals surface area contributed by atoms with Gasteiger partial charge in [-0.15, -0.1) is 0 Å². The second kappa shape index (κ2) is 19.1. The van der Waals surface area contributed by atoms with Crippen molar-refractivity contribution in [3.8, 4) is 22.3 Å². The van der Waals surface area contributed by atoms with Crippen LogP contribution in [0.1, 0.15) is 87.2 Å². The molecule has 0 radical (unpaired) electrons. The Balaban J connectivity index is 0.975. The lowest BCUT2D eigenvalue weighted by atomic mass is 9.84. The van der Waals surface area contributed by atoms with Crippen molar-refractivity contribution >= 4 is 110 Å². The van der Waals surface area contributed by atoms with Gasteiger partial charge in [-0.2, -0.15) is 0 Å². The van der Waals surface area contributed by atoms with Gasteiger partial charge in [0.25, 0.3) is 0 Å². The second-order valence-electron chi connectivity index (χ2n) is 23.5. The van der Waals surface area contributed by atoms with Crippen LogP contribution in [0.5, 0.6) is 0 Å². The van der Waals surface area contributed by atoms with E-state index in [-0.39, 0.29) is 0 Å². The summed E-state index contributed by atoms with van der Waals surface area (Å²) in [6.07, 6.45) is 13.2. The molecule has 0 aliphatic heterocycles. The minimum absolute atomic E-state index is 0.641. The molecule has 4 aromatic heterocycles. The largest absolute Gasteiger partial charge is 0.310 e. The third-order valence-corrected chi connectivity index (χ3v) is 19.1. The van der Waals surface area contributed by atoms with Crippen molar-refractivity contribution in [3.05, 3.63) is 254 Å². The fraction of sp³-hybridized carbons (Fsp3) is 0.154. The molecule has 0 bridgehead atoms. The molecular weight excluding hydrogens is 993 g/mol. The predicted octanol–water partition coefficient (Wildman–Crippen LogP) is 22.4. The lowest BCUT2D eigenvalue weighted by Gasteiger charge is -2.28. The van der Waals surface area contributed by atoms with Crippen molar-refractivity contribution in [3.63, 3.8) is 0 Å². The van der Waals surface area contributed by atoms with E-state index in [2.05, 4.69) is 261 Å². The highest BCUT2D eigenvalue weighted by Crippen LogP contribution is 2.56. The average Bonchev–Trinajstić information content (AvgIpc) is 1.87. The van der Waals surface area contributed by atoms with E-state index in [0.29, 0.717) is 11.8 Å². The third-order valence-electron chi connectivity index (χ3n) is 19.1. The van der Waals surface area contributed by atoms with Gasteiger partial charge < -0.3 is 18.6 Å². The van der Waals surface area contributed by atoms with E-state index in [0.717, 1.165) is 11.4 Å². The van der Waals surface area contributed by atoms with Gasteiger partial charge in [0.2, 0.25) is 0 Å². The molecule has 15 aromatic rings. The Labute approximate surface area is 478 Å². The zero-order valence-corrected chi connectivity index (χ0v) is 46.1. The molecule has 17 rings (SSSR count). The van der Waals surface area contributed by atoms with Gasteiger partial charge in [0.05, 0.1) is 44.5 Å². The highest BCUT2D eigenvalue weighted by molar-refractivity contribution is 6.39. The van der Waals surface area contributed by atoms with Crippen LogP contribution in [0.4, 0.5) is 34.1 Å². The number of hydrogen-bond donors (Lipinski definition) is 0. The molecule has 82 heavy (non-hydrogen) atoms. The van der Waals surface area contributed by atoms with Crippen molar-refractivity contribution in [2.45, 2.75) is 76.0 Å². The lowest BCUT2D eigenvalue weighted by molar-refractivity contribution is 0.443. The SMILES string of the molecule is c1ccc(-c2c3c4cccc5c6c(N(c7ccccc7)c7ccc(C8CCCCC8)cc7)cccc6n(c3c(-c3ccccc3)c3c6cccc7c8c(N(c9ccccc9)c9ccc(C%10CCCCC%10)cc9)cccc8n(c23)c76)c54)cc1. The minimum atomic E-state index is 0.641. The summed E-state index contributed by atoms with van der Waals surface area (Å²) in [4.78, 5) is 5.00. The smallest absolute Gasteiger partial charge is 0.0634 e. The Morgan fingerprint density at radius 1 is 0.268 bits per heavy atom. The summed E-state index contributed by atoms with van der Waals surface area (Å²) in [6.45, 7) is 0.